The van der Waals surface area contributed by atoms with Crippen molar-refractivity contribution in [3.63, 3.8) is 0 Å². The lowest BCUT2D eigenvalue weighted by atomic mass is 10.0. The monoisotopic (exact) mass is 233 g/mol. The van der Waals surface area contributed by atoms with Crippen molar-refractivity contribution in [1.29, 1.82) is 0 Å². The molecule has 0 spiro atoms. The first-order valence-electron chi connectivity index (χ1n) is 6.51. The zero-order chi connectivity index (χ0) is 12.1. The second-order valence-corrected chi connectivity index (χ2v) is 4.81. The molecular formula is C14H23N3. The van der Waals surface area contributed by atoms with E-state index in [0.29, 0.717) is 6.04 Å². The number of nitrogens with zero attached hydrogens (tertiary/aromatic N) is 2. The van der Waals surface area contributed by atoms with Crippen LogP contribution in [0.4, 0.5) is 5.69 Å². The van der Waals surface area contributed by atoms with Crippen LogP contribution in [0.5, 0.6) is 0 Å². The minimum atomic E-state index is 0.673. The molecule has 2 N–H and O–H groups in total. The average molecular weight is 233 g/mol. The molecule has 1 fully saturated rings. The summed E-state index contributed by atoms with van der Waals surface area (Å²) in [6.07, 6.45) is 2.48. The zero-order valence-electron chi connectivity index (χ0n) is 10.7. The van der Waals surface area contributed by atoms with E-state index in [-0.39, 0.29) is 0 Å². The highest BCUT2D eigenvalue weighted by molar-refractivity contribution is 5.46. The van der Waals surface area contributed by atoms with E-state index in [0.717, 1.165) is 13.1 Å². The van der Waals surface area contributed by atoms with Gasteiger partial charge in [0.1, 0.15) is 0 Å². The molecule has 0 amide bonds. The topological polar surface area (TPSA) is 32.5 Å². The van der Waals surface area contributed by atoms with Crippen LogP contribution in [0.25, 0.3) is 0 Å². The van der Waals surface area contributed by atoms with Crippen molar-refractivity contribution >= 4 is 5.69 Å². The van der Waals surface area contributed by atoms with Gasteiger partial charge in [0.05, 0.1) is 0 Å². The summed E-state index contributed by atoms with van der Waals surface area (Å²) in [6.45, 7) is 4.18. The highest BCUT2D eigenvalue weighted by Gasteiger charge is 2.21. The minimum Gasteiger partial charge on any atom is -0.372 e. The van der Waals surface area contributed by atoms with E-state index in [4.69, 9.17) is 5.73 Å². The molecule has 0 atom stereocenters. The maximum absolute atomic E-state index is 5.59. The number of nitrogens with two attached hydrogens (primary N) is 1. The Morgan fingerprint density at radius 2 is 1.88 bits per heavy atom. The largest absolute Gasteiger partial charge is 0.372 e. The number of para-hydroxylation sites is 1. The van der Waals surface area contributed by atoms with Crippen LogP contribution >= 0.6 is 0 Å². The second-order valence-electron chi connectivity index (χ2n) is 4.81. The third-order valence-electron chi connectivity index (χ3n) is 3.71. The Kier molecular flexibility index (Phi) is 4.40. The van der Waals surface area contributed by atoms with Gasteiger partial charge in [-0.3, -0.25) is 0 Å². The van der Waals surface area contributed by atoms with Crippen molar-refractivity contribution in [3.05, 3.63) is 30.3 Å². The highest BCUT2D eigenvalue weighted by Crippen LogP contribution is 2.21. The lowest BCUT2D eigenvalue weighted by Gasteiger charge is -2.37. The van der Waals surface area contributed by atoms with E-state index in [1.165, 1.54) is 31.6 Å². The Hall–Kier alpha value is -1.06. The van der Waals surface area contributed by atoms with Crippen LogP contribution in [0, 0.1) is 0 Å². The number of likely N-dealkylation sites (tertiary alicyclic amines) is 1. The number of hydrogen-bond acceptors (Lipinski definition) is 3. The van der Waals surface area contributed by atoms with Crippen LogP contribution in [0.2, 0.25) is 0 Å². The predicted octanol–water partition coefficient (Wildman–Crippen LogP) is 1.55. The molecule has 1 heterocycles. The summed E-state index contributed by atoms with van der Waals surface area (Å²) in [7, 11) is 2.21. The van der Waals surface area contributed by atoms with E-state index < -0.39 is 0 Å². The summed E-state index contributed by atoms with van der Waals surface area (Å²) in [4.78, 5) is 4.88. The van der Waals surface area contributed by atoms with Gasteiger partial charge in [0.2, 0.25) is 0 Å². The quantitative estimate of drug-likeness (QED) is 0.856. The summed E-state index contributed by atoms with van der Waals surface area (Å²) < 4.78 is 0. The zero-order valence-corrected chi connectivity index (χ0v) is 10.7. The molecular weight excluding hydrogens is 210 g/mol. The van der Waals surface area contributed by atoms with E-state index in [2.05, 4.69) is 47.2 Å². The van der Waals surface area contributed by atoms with Gasteiger partial charge in [0.25, 0.3) is 0 Å². The molecule has 0 aliphatic carbocycles. The fourth-order valence-corrected chi connectivity index (χ4v) is 2.59. The van der Waals surface area contributed by atoms with Crippen molar-refractivity contribution in [2.75, 3.05) is 38.1 Å². The first kappa shape index (κ1) is 12.4. The Balaban J connectivity index is 1.88. The van der Waals surface area contributed by atoms with E-state index in [1.54, 1.807) is 0 Å². The van der Waals surface area contributed by atoms with E-state index in [9.17, 15) is 0 Å². The van der Waals surface area contributed by atoms with Gasteiger partial charge < -0.3 is 15.5 Å². The first-order valence-corrected chi connectivity index (χ1v) is 6.51. The van der Waals surface area contributed by atoms with Crippen LogP contribution in [0.1, 0.15) is 12.8 Å². The maximum Gasteiger partial charge on any atom is 0.0366 e. The van der Waals surface area contributed by atoms with Crippen molar-refractivity contribution in [3.8, 4) is 0 Å². The molecule has 1 saturated heterocycles. The van der Waals surface area contributed by atoms with Crippen molar-refractivity contribution in [2.45, 2.75) is 18.9 Å². The lowest BCUT2D eigenvalue weighted by Crippen LogP contribution is -2.44. The molecule has 0 bridgehead atoms. The Bertz CT molecular complexity index is 317. The van der Waals surface area contributed by atoms with Crippen LogP contribution in [0.15, 0.2) is 30.3 Å². The molecule has 1 aromatic rings. The molecule has 1 aliphatic rings. The summed E-state index contributed by atoms with van der Waals surface area (Å²) in [6, 6.07) is 11.3. The van der Waals surface area contributed by atoms with Gasteiger partial charge in [-0.2, -0.15) is 0 Å². The fourth-order valence-electron chi connectivity index (χ4n) is 2.59. The van der Waals surface area contributed by atoms with Crippen LogP contribution in [0.3, 0.4) is 0 Å². The van der Waals surface area contributed by atoms with Gasteiger partial charge in [-0.1, -0.05) is 18.2 Å². The summed E-state index contributed by atoms with van der Waals surface area (Å²) in [5.41, 5.74) is 6.92. The SMILES string of the molecule is CN(c1ccccc1)C1CCN(CCN)CC1. The van der Waals surface area contributed by atoms with Crippen LogP contribution in [-0.4, -0.2) is 44.2 Å². The van der Waals surface area contributed by atoms with Gasteiger partial charge in [-0.25, -0.2) is 0 Å². The Morgan fingerprint density at radius 3 is 2.47 bits per heavy atom. The van der Waals surface area contributed by atoms with Crippen LogP contribution < -0.4 is 10.6 Å². The number of rotatable bonds is 4. The van der Waals surface area contributed by atoms with E-state index >= 15 is 0 Å². The molecule has 1 aliphatic heterocycles. The summed E-state index contributed by atoms with van der Waals surface area (Å²) in [5.74, 6) is 0. The second kappa shape index (κ2) is 6.03. The first-order chi connectivity index (χ1) is 8.31. The van der Waals surface area contributed by atoms with E-state index in [1.807, 2.05) is 0 Å². The van der Waals surface area contributed by atoms with Crippen molar-refractivity contribution in [2.24, 2.45) is 5.73 Å². The molecule has 17 heavy (non-hydrogen) atoms. The molecule has 3 nitrogen and oxygen atoms in total. The third-order valence-corrected chi connectivity index (χ3v) is 3.71. The normalized spacial score (nSPS) is 18.2. The van der Waals surface area contributed by atoms with Gasteiger partial charge in [-0.05, 0) is 25.0 Å². The molecule has 1 aromatic carbocycles. The number of piperidine rings is 1. The Morgan fingerprint density at radius 1 is 1.24 bits per heavy atom. The average Bonchev–Trinajstić information content (AvgIpc) is 2.40. The fraction of sp³-hybridized carbons (Fsp3) is 0.571. The molecule has 0 radical (unpaired) electrons. The van der Waals surface area contributed by atoms with Crippen molar-refractivity contribution < 1.29 is 0 Å². The molecule has 3 heteroatoms. The molecule has 0 unspecified atom stereocenters. The summed E-state index contributed by atoms with van der Waals surface area (Å²) >= 11 is 0. The van der Waals surface area contributed by atoms with Gasteiger partial charge >= 0.3 is 0 Å². The van der Waals surface area contributed by atoms with Gasteiger partial charge in [0.15, 0.2) is 0 Å². The minimum absolute atomic E-state index is 0.673. The number of benzene rings is 1. The molecule has 0 saturated carbocycles. The lowest BCUT2D eigenvalue weighted by molar-refractivity contribution is 0.216. The number of anilines is 1. The molecule has 2 rings (SSSR count). The third kappa shape index (κ3) is 3.20. The van der Waals surface area contributed by atoms with Gasteiger partial charge in [-0.15, -0.1) is 0 Å². The van der Waals surface area contributed by atoms with Crippen molar-refractivity contribution in [1.82, 2.24) is 4.90 Å². The molecule has 94 valence electrons. The van der Waals surface area contributed by atoms with Crippen LogP contribution in [-0.2, 0) is 0 Å². The highest BCUT2D eigenvalue weighted by atomic mass is 15.2. The smallest absolute Gasteiger partial charge is 0.0366 e. The maximum atomic E-state index is 5.59. The van der Waals surface area contributed by atoms with Gasteiger partial charge in [0, 0.05) is 45.0 Å². The number of hydrogen-bond donors (Lipinski definition) is 1. The summed E-state index contributed by atoms with van der Waals surface area (Å²) in [5, 5.41) is 0. The molecule has 0 aromatic heterocycles. The predicted molar refractivity (Wildman–Crippen MR) is 73.4 cm³/mol. The standard InChI is InChI=1S/C14H23N3/c1-16(13-5-3-2-4-6-13)14-7-10-17(11-8-14)12-9-15/h2-6,14H,7-12,15H2,1H3. The Labute approximate surface area is 104 Å².